The van der Waals surface area contributed by atoms with Crippen molar-refractivity contribution in [1.29, 1.82) is 0 Å². The Balaban J connectivity index is 1.88. The van der Waals surface area contributed by atoms with Gasteiger partial charge in [-0.2, -0.15) is 10.1 Å². The molecule has 1 atom stereocenters. The fourth-order valence-corrected chi connectivity index (χ4v) is 4.86. The van der Waals surface area contributed by atoms with Crippen LogP contribution in [0, 0.1) is 11.6 Å². The van der Waals surface area contributed by atoms with Gasteiger partial charge in [0, 0.05) is 25.2 Å². The first kappa shape index (κ1) is 20.3. The first-order valence-electron chi connectivity index (χ1n) is 10.2. The smallest absolute Gasteiger partial charge is 0.290 e. The molecule has 0 saturated carbocycles. The zero-order chi connectivity index (χ0) is 22.7. The van der Waals surface area contributed by atoms with Crippen LogP contribution in [0.5, 0.6) is 5.75 Å². The van der Waals surface area contributed by atoms with Crippen LogP contribution >= 0.6 is 0 Å². The number of aromatic hydroxyl groups is 1. The van der Waals surface area contributed by atoms with E-state index in [1.54, 1.807) is 19.2 Å². The van der Waals surface area contributed by atoms with Crippen molar-refractivity contribution in [2.75, 3.05) is 14.1 Å². The number of amides is 1. The van der Waals surface area contributed by atoms with Gasteiger partial charge in [0.15, 0.2) is 11.4 Å². The molecular formula is C23H20F2N4O3. The number of halogens is 2. The lowest BCUT2D eigenvalue weighted by atomic mass is 9.84. The number of likely N-dealkylation sites (N-methyl/N-ethyl adjacent to an activating group) is 1. The molecule has 164 valence electrons. The predicted molar refractivity (Wildman–Crippen MR) is 111 cm³/mol. The number of aryl methyl sites for hydroxylation is 2. The zero-order valence-electron chi connectivity index (χ0n) is 17.4. The van der Waals surface area contributed by atoms with Crippen molar-refractivity contribution in [2.45, 2.75) is 24.9 Å². The Morgan fingerprint density at radius 3 is 2.09 bits per heavy atom. The summed E-state index contributed by atoms with van der Waals surface area (Å²) in [5.74, 6) is -3.29. The normalized spacial score (nSPS) is 18.7. The molecule has 0 saturated heterocycles. The number of benzene rings is 2. The number of rotatable bonds is 1. The first-order valence-corrected chi connectivity index (χ1v) is 10.2. The highest BCUT2D eigenvalue weighted by molar-refractivity contribution is 5.95. The van der Waals surface area contributed by atoms with E-state index in [0.29, 0.717) is 24.0 Å². The van der Waals surface area contributed by atoms with Gasteiger partial charge in [-0.15, -0.1) is 0 Å². The number of aromatic nitrogens is 2. The Morgan fingerprint density at radius 2 is 1.53 bits per heavy atom. The van der Waals surface area contributed by atoms with E-state index in [1.165, 1.54) is 33.9 Å². The average molecular weight is 438 g/mol. The van der Waals surface area contributed by atoms with Gasteiger partial charge in [0.2, 0.25) is 5.43 Å². The van der Waals surface area contributed by atoms with Crippen LogP contribution in [-0.4, -0.2) is 44.9 Å². The van der Waals surface area contributed by atoms with Crippen LogP contribution < -0.4 is 5.43 Å². The van der Waals surface area contributed by atoms with Crippen LogP contribution in [0.2, 0.25) is 0 Å². The van der Waals surface area contributed by atoms with Crippen molar-refractivity contribution in [2.24, 2.45) is 0 Å². The fourth-order valence-electron chi connectivity index (χ4n) is 4.86. The number of hydrogen-bond acceptors (Lipinski definition) is 5. The lowest BCUT2D eigenvalue weighted by Gasteiger charge is -2.44. The number of nitrogens with zero attached hydrogens (tertiary/aromatic N) is 4. The molecule has 32 heavy (non-hydrogen) atoms. The second-order valence-corrected chi connectivity index (χ2v) is 8.07. The molecule has 0 fully saturated rings. The molecule has 1 amide bonds. The van der Waals surface area contributed by atoms with E-state index in [-0.39, 0.29) is 5.69 Å². The van der Waals surface area contributed by atoms with Gasteiger partial charge >= 0.3 is 0 Å². The summed E-state index contributed by atoms with van der Waals surface area (Å²) in [5.41, 5.74) is 0.947. The second-order valence-electron chi connectivity index (χ2n) is 8.07. The molecule has 2 aromatic carbocycles. The summed E-state index contributed by atoms with van der Waals surface area (Å²) in [6.07, 6.45) is 1.00. The molecule has 3 aromatic rings. The quantitative estimate of drug-likeness (QED) is 0.632. The van der Waals surface area contributed by atoms with E-state index in [1.807, 2.05) is 12.1 Å². The van der Waals surface area contributed by atoms with Gasteiger partial charge in [0.1, 0.15) is 17.8 Å². The van der Waals surface area contributed by atoms with Crippen molar-refractivity contribution < 1.29 is 18.7 Å². The molecule has 0 spiro atoms. The van der Waals surface area contributed by atoms with Crippen LogP contribution in [0.4, 0.5) is 8.78 Å². The van der Waals surface area contributed by atoms with Crippen LogP contribution in [0.15, 0.2) is 47.4 Å². The molecule has 5 rings (SSSR count). The van der Waals surface area contributed by atoms with Gasteiger partial charge in [0.25, 0.3) is 5.91 Å². The largest absolute Gasteiger partial charge is 0.502 e. The zero-order valence-corrected chi connectivity index (χ0v) is 17.4. The number of carbonyl (C=O) groups is 1. The summed E-state index contributed by atoms with van der Waals surface area (Å²) >= 11 is 0. The standard InChI is InChI=1S/C23H20F2N4O3/c1-27-22(29-20(23(32)28(27)2)21(31)16(30)11-26-29)19-17-12(5-3-7-14(17)24)9-10-13-6-4-8-15(25)18(13)19/h3-8,11,19,22,31H,9-10H2,1-2H3/t22-/m0/s1. The Bertz CT molecular complexity index is 1270. The molecule has 1 N–H and O–H groups in total. The van der Waals surface area contributed by atoms with Crippen molar-refractivity contribution in [1.82, 2.24) is 19.8 Å². The molecule has 0 unspecified atom stereocenters. The first-order chi connectivity index (χ1) is 15.3. The van der Waals surface area contributed by atoms with E-state index in [0.717, 1.165) is 17.3 Å². The number of carbonyl (C=O) groups excluding carboxylic acids is 1. The molecule has 9 heteroatoms. The number of hydrogen-bond donors (Lipinski definition) is 1. The van der Waals surface area contributed by atoms with E-state index in [2.05, 4.69) is 5.10 Å². The summed E-state index contributed by atoms with van der Waals surface area (Å²) < 4.78 is 31.9. The molecule has 1 aromatic heterocycles. The van der Waals surface area contributed by atoms with E-state index in [9.17, 15) is 14.7 Å². The summed E-state index contributed by atoms with van der Waals surface area (Å²) in [4.78, 5) is 24.9. The molecule has 1 aliphatic heterocycles. The minimum atomic E-state index is -0.927. The lowest BCUT2D eigenvalue weighted by Crippen LogP contribution is -2.54. The lowest BCUT2D eigenvalue weighted by molar-refractivity contribution is -0.0543. The Labute approximate surface area is 182 Å². The molecular weight excluding hydrogens is 418 g/mol. The fraction of sp³-hybridized carbons (Fsp3) is 0.261. The highest BCUT2D eigenvalue weighted by atomic mass is 19.1. The van der Waals surface area contributed by atoms with Crippen molar-refractivity contribution in [3.8, 4) is 5.75 Å². The molecule has 0 radical (unpaired) electrons. The molecule has 1 aliphatic carbocycles. The number of hydrazine groups is 1. The minimum absolute atomic E-state index is 0.307. The van der Waals surface area contributed by atoms with Gasteiger partial charge in [-0.1, -0.05) is 24.3 Å². The summed E-state index contributed by atoms with van der Waals surface area (Å²) in [5, 5.41) is 17.3. The van der Waals surface area contributed by atoms with Gasteiger partial charge < -0.3 is 5.11 Å². The third-order valence-corrected chi connectivity index (χ3v) is 6.46. The SMILES string of the molecule is CN1C(=O)c2c(O)c(=O)cnn2[C@@H](C2c3c(F)cccc3CCc3cccc(F)c32)N1C. The van der Waals surface area contributed by atoms with Crippen LogP contribution in [0.25, 0.3) is 0 Å². The predicted octanol–water partition coefficient (Wildman–Crippen LogP) is 2.59. The van der Waals surface area contributed by atoms with E-state index < -0.39 is 40.8 Å². The highest BCUT2D eigenvalue weighted by Crippen LogP contribution is 2.46. The molecule has 2 aliphatic rings. The second kappa shape index (κ2) is 7.23. The van der Waals surface area contributed by atoms with Crippen molar-refractivity contribution in [3.05, 3.63) is 92.4 Å². The maximum absolute atomic E-state index is 15.4. The maximum Gasteiger partial charge on any atom is 0.290 e. The summed E-state index contributed by atoms with van der Waals surface area (Å²) in [6.45, 7) is 0. The summed E-state index contributed by atoms with van der Waals surface area (Å²) in [7, 11) is 3.07. The third-order valence-electron chi connectivity index (χ3n) is 6.46. The van der Waals surface area contributed by atoms with Gasteiger partial charge in [-0.05, 0) is 36.1 Å². The Morgan fingerprint density at radius 1 is 0.969 bits per heavy atom. The van der Waals surface area contributed by atoms with Crippen molar-refractivity contribution in [3.63, 3.8) is 0 Å². The average Bonchev–Trinajstić information content (AvgIpc) is 2.94. The Kier molecular flexibility index (Phi) is 4.59. The molecule has 7 nitrogen and oxygen atoms in total. The Hall–Kier alpha value is -3.59. The minimum Gasteiger partial charge on any atom is -0.502 e. The van der Waals surface area contributed by atoms with E-state index in [4.69, 9.17) is 0 Å². The maximum atomic E-state index is 15.4. The highest BCUT2D eigenvalue weighted by Gasteiger charge is 2.45. The van der Waals surface area contributed by atoms with Crippen molar-refractivity contribution >= 4 is 5.91 Å². The summed E-state index contributed by atoms with van der Waals surface area (Å²) in [6, 6.07) is 9.51. The third kappa shape index (κ3) is 2.77. The van der Waals surface area contributed by atoms with Gasteiger partial charge in [-0.25, -0.2) is 13.5 Å². The van der Waals surface area contributed by atoms with Crippen LogP contribution in [0.1, 0.15) is 44.8 Å². The number of fused-ring (bicyclic) bond motifs is 3. The van der Waals surface area contributed by atoms with Crippen LogP contribution in [0.3, 0.4) is 0 Å². The molecule has 0 bridgehead atoms. The van der Waals surface area contributed by atoms with E-state index >= 15 is 8.78 Å². The van der Waals surface area contributed by atoms with Gasteiger partial charge in [-0.3, -0.25) is 14.6 Å². The van der Waals surface area contributed by atoms with Gasteiger partial charge in [0.05, 0.1) is 12.1 Å². The monoisotopic (exact) mass is 438 g/mol. The molecule has 2 heterocycles. The topological polar surface area (TPSA) is 78.7 Å². The van der Waals surface area contributed by atoms with Crippen LogP contribution in [-0.2, 0) is 12.8 Å².